The maximum Gasteiger partial charge on any atom is 0.326 e. The van der Waals surface area contributed by atoms with Crippen LogP contribution in [0.5, 0.6) is 0 Å². The largest absolute Gasteiger partial charge is 0.454 e. The molecule has 9 nitrogen and oxygen atoms in total. The van der Waals surface area contributed by atoms with Gasteiger partial charge in [0, 0.05) is 13.1 Å². The molecule has 0 bridgehead atoms. The van der Waals surface area contributed by atoms with Crippen LogP contribution in [0.2, 0.25) is 0 Å². The number of hydrogen-bond acceptors (Lipinski definition) is 6. The lowest BCUT2D eigenvalue weighted by Crippen LogP contribution is -2.54. The molecule has 1 spiro atoms. The first kappa shape index (κ1) is 18.6. The summed E-state index contributed by atoms with van der Waals surface area (Å²) in [4.78, 5) is 51.5. The van der Waals surface area contributed by atoms with Gasteiger partial charge in [-0.2, -0.15) is 0 Å². The highest BCUT2D eigenvalue weighted by Crippen LogP contribution is 2.38. The predicted molar refractivity (Wildman–Crippen MR) is 89.0 cm³/mol. The van der Waals surface area contributed by atoms with Crippen LogP contribution in [0.15, 0.2) is 0 Å². The van der Waals surface area contributed by atoms with Gasteiger partial charge in [-0.3, -0.25) is 19.3 Å². The number of imide groups is 1. The summed E-state index contributed by atoms with van der Waals surface area (Å²) in [6.45, 7) is 2.91. The third-order valence-electron chi connectivity index (χ3n) is 5.51. The molecule has 0 unspecified atom stereocenters. The predicted octanol–water partition coefficient (Wildman–Crippen LogP) is -0.111. The van der Waals surface area contributed by atoms with Crippen molar-refractivity contribution in [1.82, 2.24) is 15.1 Å². The van der Waals surface area contributed by atoms with Crippen LogP contribution in [0.25, 0.3) is 0 Å². The fourth-order valence-corrected chi connectivity index (χ4v) is 3.86. The van der Waals surface area contributed by atoms with Crippen molar-refractivity contribution in [3.8, 4) is 0 Å². The summed E-state index contributed by atoms with van der Waals surface area (Å²) in [6.07, 6.45) is 3.33. The molecule has 1 aliphatic carbocycles. The third-order valence-corrected chi connectivity index (χ3v) is 5.51. The van der Waals surface area contributed by atoms with Crippen LogP contribution in [0, 0.1) is 5.92 Å². The van der Waals surface area contributed by atoms with Crippen molar-refractivity contribution in [1.29, 1.82) is 0 Å². The van der Waals surface area contributed by atoms with Crippen LogP contribution in [0.4, 0.5) is 4.79 Å². The van der Waals surface area contributed by atoms with Crippen molar-refractivity contribution < 1.29 is 28.7 Å². The molecule has 9 heteroatoms. The van der Waals surface area contributed by atoms with E-state index >= 15 is 0 Å². The molecule has 0 radical (unpaired) electrons. The van der Waals surface area contributed by atoms with Gasteiger partial charge in [-0.1, -0.05) is 19.8 Å². The first-order chi connectivity index (χ1) is 12.4. The second kappa shape index (κ2) is 7.61. The van der Waals surface area contributed by atoms with Gasteiger partial charge in [-0.25, -0.2) is 4.79 Å². The molecule has 0 aromatic heterocycles. The van der Waals surface area contributed by atoms with Crippen molar-refractivity contribution in [2.45, 2.75) is 38.1 Å². The number of carbonyl (C=O) groups excluding carboxylic acids is 4. The van der Waals surface area contributed by atoms with Gasteiger partial charge in [0.2, 0.25) is 0 Å². The quantitative estimate of drug-likeness (QED) is 0.549. The van der Waals surface area contributed by atoms with Crippen LogP contribution in [0.1, 0.15) is 32.6 Å². The summed E-state index contributed by atoms with van der Waals surface area (Å²) in [5.74, 6) is -1.42. The number of urea groups is 1. The fraction of sp³-hybridized carbons (Fsp3) is 0.765. The van der Waals surface area contributed by atoms with Crippen LogP contribution in [-0.2, 0) is 23.9 Å². The lowest BCUT2D eigenvalue weighted by atomic mass is 9.73. The highest BCUT2D eigenvalue weighted by Gasteiger charge is 2.55. The van der Waals surface area contributed by atoms with Crippen molar-refractivity contribution in [2.24, 2.45) is 5.92 Å². The lowest BCUT2D eigenvalue weighted by molar-refractivity contribution is -0.155. The Hall–Kier alpha value is -2.16. The molecule has 1 saturated carbocycles. The van der Waals surface area contributed by atoms with Gasteiger partial charge < -0.3 is 19.7 Å². The zero-order valence-corrected chi connectivity index (χ0v) is 15.0. The van der Waals surface area contributed by atoms with Crippen LogP contribution in [-0.4, -0.2) is 78.6 Å². The van der Waals surface area contributed by atoms with Crippen molar-refractivity contribution >= 4 is 23.8 Å². The number of esters is 1. The summed E-state index contributed by atoms with van der Waals surface area (Å²) < 4.78 is 10.1. The van der Waals surface area contributed by atoms with Crippen molar-refractivity contribution in [3.63, 3.8) is 0 Å². The van der Waals surface area contributed by atoms with Gasteiger partial charge in [-0.05, 0) is 18.8 Å². The minimum Gasteiger partial charge on any atom is -0.454 e. The zero-order valence-electron chi connectivity index (χ0n) is 15.0. The van der Waals surface area contributed by atoms with E-state index in [1.54, 1.807) is 4.90 Å². The Bertz CT molecular complexity index is 603. The summed E-state index contributed by atoms with van der Waals surface area (Å²) in [6, 6.07) is -0.569. The topological polar surface area (TPSA) is 105 Å². The molecular formula is C17H25N3O6. The molecule has 2 aliphatic heterocycles. The molecule has 4 amide bonds. The standard InChI is InChI=1S/C17H25N3O6/c1-12-4-2-3-5-17(12)15(23)20(16(24)18-17)10-14(22)26-11-13(21)19-6-8-25-9-7-19/h12H,2-11H2,1H3,(H,18,24)/t12-,17-/m1/s1. The Kier molecular flexibility index (Phi) is 5.45. The first-order valence-electron chi connectivity index (χ1n) is 9.09. The Morgan fingerprint density at radius 1 is 1.27 bits per heavy atom. The summed E-state index contributed by atoms with van der Waals surface area (Å²) >= 11 is 0. The van der Waals surface area contributed by atoms with E-state index in [2.05, 4.69) is 5.32 Å². The van der Waals surface area contributed by atoms with E-state index in [4.69, 9.17) is 9.47 Å². The molecule has 1 N–H and O–H groups in total. The highest BCUT2D eigenvalue weighted by atomic mass is 16.5. The number of rotatable bonds is 4. The molecule has 2 saturated heterocycles. The maximum absolute atomic E-state index is 12.8. The van der Waals surface area contributed by atoms with Gasteiger partial charge in [0.15, 0.2) is 6.61 Å². The molecule has 2 heterocycles. The molecule has 3 fully saturated rings. The molecule has 2 atom stereocenters. The van der Waals surface area contributed by atoms with E-state index < -0.39 is 30.7 Å². The summed E-state index contributed by atoms with van der Waals surface area (Å²) in [7, 11) is 0. The second-order valence-electron chi connectivity index (χ2n) is 7.09. The molecule has 3 rings (SSSR count). The Labute approximate surface area is 152 Å². The minimum absolute atomic E-state index is 0.0246. The van der Waals surface area contributed by atoms with E-state index in [-0.39, 0.29) is 17.7 Å². The SMILES string of the molecule is C[C@@H]1CCCC[C@@]12NC(=O)N(CC(=O)OCC(=O)N1CCOCC1)C2=O. The lowest BCUT2D eigenvalue weighted by Gasteiger charge is -2.36. The molecule has 0 aromatic rings. The number of ether oxygens (including phenoxy) is 2. The number of nitrogens with one attached hydrogen (secondary N) is 1. The van der Waals surface area contributed by atoms with E-state index in [0.717, 1.165) is 24.2 Å². The minimum atomic E-state index is -0.904. The highest BCUT2D eigenvalue weighted by molar-refractivity contribution is 6.09. The summed E-state index contributed by atoms with van der Waals surface area (Å²) in [5.41, 5.74) is -0.904. The Morgan fingerprint density at radius 2 is 2.00 bits per heavy atom. The molecule has 0 aromatic carbocycles. The molecule has 26 heavy (non-hydrogen) atoms. The number of nitrogens with zero attached hydrogens (tertiary/aromatic N) is 2. The first-order valence-corrected chi connectivity index (χ1v) is 9.09. The Morgan fingerprint density at radius 3 is 2.69 bits per heavy atom. The number of carbonyl (C=O) groups is 4. The molecule has 144 valence electrons. The monoisotopic (exact) mass is 367 g/mol. The number of morpholine rings is 1. The van der Waals surface area contributed by atoms with Crippen LogP contribution in [0.3, 0.4) is 0 Å². The van der Waals surface area contributed by atoms with Crippen molar-refractivity contribution in [3.05, 3.63) is 0 Å². The average Bonchev–Trinajstić information content (AvgIpc) is 2.88. The van der Waals surface area contributed by atoms with E-state index in [1.807, 2.05) is 6.92 Å². The molecule has 3 aliphatic rings. The van der Waals surface area contributed by atoms with Gasteiger partial charge in [-0.15, -0.1) is 0 Å². The average molecular weight is 367 g/mol. The Balaban J connectivity index is 1.53. The summed E-state index contributed by atoms with van der Waals surface area (Å²) in [5, 5.41) is 2.78. The normalized spacial score (nSPS) is 29.0. The fourth-order valence-electron chi connectivity index (χ4n) is 3.86. The van der Waals surface area contributed by atoms with Gasteiger partial charge in [0.05, 0.1) is 13.2 Å². The zero-order chi connectivity index (χ0) is 18.7. The van der Waals surface area contributed by atoms with Gasteiger partial charge in [0.25, 0.3) is 11.8 Å². The van der Waals surface area contributed by atoms with Crippen LogP contribution < -0.4 is 5.32 Å². The number of hydrogen-bond donors (Lipinski definition) is 1. The van der Waals surface area contributed by atoms with E-state index in [9.17, 15) is 19.2 Å². The maximum atomic E-state index is 12.8. The van der Waals surface area contributed by atoms with Gasteiger partial charge in [0.1, 0.15) is 12.1 Å². The van der Waals surface area contributed by atoms with Crippen LogP contribution >= 0.6 is 0 Å². The third kappa shape index (κ3) is 3.53. The van der Waals surface area contributed by atoms with Crippen molar-refractivity contribution in [2.75, 3.05) is 39.5 Å². The molecular weight excluding hydrogens is 342 g/mol. The van der Waals surface area contributed by atoms with E-state index in [1.165, 1.54) is 0 Å². The number of amides is 4. The smallest absolute Gasteiger partial charge is 0.326 e. The van der Waals surface area contributed by atoms with Gasteiger partial charge >= 0.3 is 12.0 Å². The van der Waals surface area contributed by atoms with E-state index in [0.29, 0.717) is 32.7 Å². The second-order valence-corrected chi connectivity index (χ2v) is 7.09.